The number of aromatic nitrogens is 2. The molecule has 10 heteroatoms. The molecule has 1 heterocycles. The highest BCUT2D eigenvalue weighted by atomic mass is 127. The van der Waals surface area contributed by atoms with Crippen molar-refractivity contribution in [2.45, 2.75) is 10.8 Å². The van der Waals surface area contributed by atoms with Gasteiger partial charge in [0.2, 0.25) is 0 Å². The van der Waals surface area contributed by atoms with Crippen molar-refractivity contribution < 1.29 is 18.3 Å². The first-order valence-corrected chi connectivity index (χ1v) is 11.8. The normalized spacial score (nSPS) is 11.0. The van der Waals surface area contributed by atoms with Gasteiger partial charge in [-0.15, -0.1) is 0 Å². The molecule has 0 fully saturated rings. The summed E-state index contributed by atoms with van der Waals surface area (Å²) >= 11 is 2.28. The fourth-order valence-corrected chi connectivity index (χ4v) is 3.84. The number of carbonyl (C=O) groups is 1. The van der Waals surface area contributed by atoms with E-state index < -0.39 is 17.7 Å². The molecule has 2 amide bonds. The number of rotatable bonds is 9. The summed E-state index contributed by atoms with van der Waals surface area (Å²) in [4.78, 5) is 14.5. The average molecular weight is 569 g/mol. The van der Waals surface area contributed by atoms with Gasteiger partial charge in [-0.3, -0.25) is 4.68 Å². The molecule has 0 radical (unpaired) electrons. The first-order chi connectivity index (χ1) is 15.8. The lowest BCUT2D eigenvalue weighted by molar-refractivity contribution is 0.262. The van der Waals surface area contributed by atoms with Crippen LogP contribution in [-0.4, -0.2) is 48.0 Å². The number of urea groups is 1. The molecule has 0 aliphatic carbocycles. The molecule has 33 heavy (non-hydrogen) atoms. The number of ether oxygens (including phenoxy) is 1. The van der Waals surface area contributed by atoms with E-state index in [-0.39, 0.29) is 5.69 Å². The lowest BCUT2D eigenvalue weighted by atomic mass is 10.1. The average Bonchev–Trinajstić information content (AvgIpc) is 3.14. The summed E-state index contributed by atoms with van der Waals surface area (Å²) in [7, 11) is 5.87. The van der Waals surface area contributed by atoms with Crippen LogP contribution in [0.25, 0.3) is 11.3 Å². The smallest absolute Gasteiger partial charge is 0.323 e. The Labute approximate surface area is 205 Å². The predicted molar refractivity (Wildman–Crippen MR) is 134 cm³/mol. The number of nitrogens with zero attached hydrogens (tertiary/aromatic N) is 3. The van der Waals surface area contributed by atoms with Crippen molar-refractivity contribution in [3.8, 4) is 17.0 Å². The summed E-state index contributed by atoms with van der Waals surface area (Å²) in [6, 6.07) is 7.62. The zero-order valence-electron chi connectivity index (χ0n) is 18.7. The van der Waals surface area contributed by atoms with Crippen molar-refractivity contribution in [2.24, 2.45) is 7.05 Å². The van der Waals surface area contributed by atoms with Gasteiger partial charge in [0.1, 0.15) is 17.4 Å². The van der Waals surface area contributed by atoms with Crippen LogP contribution in [0.2, 0.25) is 0 Å². The van der Waals surface area contributed by atoms with Gasteiger partial charge < -0.3 is 20.3 Å². The molecular formula is C23H26F2IN5O2. The molecule has 2 aromatic carbocycles. The highest BCUT2D eigenvalue weighted by Crippen LogP contribution is 2.35. The SMILES string of the molecule is CN(C)CCCOc1ccc(NC(=O)Nc2ccc(F)cc2F)cc1-c1c(CI)cnn1C. The standard InChI is InChI=1S/C23H26F2IN5O2/c1-30(2)9-4-10-33-21-8-6-17(12-18(21)22-15(13-26)14-27-31(22)3)28-23(32)29-20-7-5-16(24)11-19(20)25/h5-8,11-12,14H,4,9-10,13H2,1-3H3,(H2,28,29,32). The van der Waals surface area contributed by atoms with E-state index in [1.165, 1.54) is 6.07 Å². The van der Waals surface area contributed by atoms with E-state index in [2.05, 4.69) is 43.2 Å². The van der Waals surface area contributed by atoms with E-state index in [4.69, 9.17) is 4.74 Å². The molecule has 7 nitrogen and oxygen atoms in total. The van der Waals surface area contributed by atoms with Crippen LogP contribution >= 0.6 is 22.6 Å². The minimum Gasteiger partial charge on any atom is -0.493 e. The Morgan fingerprint density at radius 2 is 1.97 bits per heavy atom. The van der Waals surface area contributed by atoms with Gasteiger partial charge in [-0.25, -0.2) is 13.6 Å². The Balaban J connectivity index is 1.84. The van der Waals surface area contributed by atoms with Gasteiger partial charge in [0.25, 0.3) is 0 Å². The van der Waals surface area contributed by atoms with E-state index >= 15 is 0 Å². The lowest BCUT2D eigenvalue weighted by Gasteiger charge is -2.16. The number of carbonyl (C=O) groups excluding carboxylic acids is 1. The fraction of sp³-hybridized carbons (Fsp3) is 0.304. The van der Waals surface area contributed by atoms with Gasteiger partial charge >= 0.3 is 6.03 Å². The van der Waals surface area contributed by atoms with Crippen LogP contribution in [0, 0.1) is 11.6 Å². The number of nitrogens with one attached hydrogen (secondary N) is 2. The number of alkyl halides is 1. The fourth-order valence-electron chi connectivity index (χ4n) is 3.29. The Bertz CT molecular complexity index is 1120. The summed E-state index contributed by atoms with van der Waals surface area (Å²) < 4.78 is 35.6. The molecule has 0 unspecified atom stereocenters. The van der Waals surface area contributed by atoms with Crippen molar-refractivity contribution in [3.63, 3.8) is 0 Å². The number of amides is 2. The topological polar surface area (TPSA) is 71.4 Å². The van der Waals surface area contributed by atoms with E-state index in [1.54, 1.807) is 22.9 Å². The first-order valence-electron chi connectivity index (χ1n) is 10.3. The maximum atomic E-state index is 13.9. The highest BCUT2D eigenvalue weighted by molar-refractivity contribution is 14.1. The second kappa shape index (κ2) is 11.4. The third-order valence-electron chi connectivity index (χ3n) is 4.84. The lowest BCUT2D eigenvalue weighted by Crippen LogP contribution is -2.20. The molecule has 2 N–H and O–H groups in total. The summed E-state index contributed by atoms with van der Waals surface area (Å²) in [5, 5.41) is 9.46. The number of benzene rings is 2. The maximum Gasteiger partial charge on any atom is 0.323 e. The third kappa shape index (κ3) is 6.64. The first kappa shape index (κ1) is 24.9. The zero-order chi connectivity index (χ0) is 24.0. The van der Waals surface area contributed by atoms with Crippen LogP contribution in [0.5, 0.6) is 5.75 Å². The summed E-state index contributed by atoms with van der Waals surface area (Å²) in [5.74, 6) is -0.889. The van der Waals surface area contributed by atoms with Crippen molar-refractivity contribution in [1.82, 2.24) is 14.7 Å². The third-order valence-corrected chi connectivity index (χ3v) is 5.66. The number of halogens is 3. The van der Waals surface area contributed by atoms with Crippen LogP contribution in [0.4, 0.5) is 25.0 Å². The molecule has 0 atom stereocenters. The van der Waals surface area contributed by atoms with Crippen molar-refractivity contribution in [3.05, 3.63) is 59.8 Å². The number of hydrogen-bond acceptors (Lipinski definition) is 4. The van der Waals surface area contributed by atoms with Gasteiger partial charge in [-0.05, 0) is 50.8 Å². The van der Waals surface area contributed by atoms with Gasteiger partial charge in [-0.1, -0.05) is 22.6 Å². The molecule has 176 valence electrons. The number of aryl methyl sites for hydroxylation is 1. The van der Waals surface area contributed by atoms with Crippen molar-refractivity contribution in [2.75, 3.05) is 37.9 Å². The van der Waals surface area contributed by atoms with Gasteiger partial charge in [0.15, 0.2) is 0 Å². The Hall–Kier alpha value is -2.73. The molecular weight excluding hydrogens is 543 g/mol. The molecule has 0 aliphatic rings. The Kier molecular flexibility index (Phi) is 8.61. The van der Waals surface area contributed by atoms with Gasteiger partial charge in [0.05, 0.1) is 24.2 Å². The van der Waals surface area contributed by atoms with Crippen LogP contribution < -0.4 is 15.4 Å². The van der Waals surface area contributed by atoms with Crippen molar-refractivity contribution >= 4 is 40.0 Å². The maximum absolute atomic E-state index is 13.9. The van der Waals surface area contributed by atoms with E-state index in [0.717, 1.165) is 40.3 Å². The van der Waals surface area contributed by atoms with E-state index in [0.29, 0.717) is 24.1 Å². The molecule has 1 aromatic heterocycles. The molecule has 0 saturated carbocycles. The van der Waals surface area contributed by atoms with Crippen LogP contribution in [0.3, 0.4) is 0 Å². The molecule has 0 saturated heterocycles. The quantitative estimate of drug-likeness (QED) is 0.209. The van der Waals surface area contributed by atoms with E-state index in [1.807, 2.05) is 27.3 Å². The second-order valence-corrected chi connectivity index (χ2v) is 8.46. The van der Waals surface area contributed by atoms with Crippen LogP contribution in [0.15, 0.2) is 42.6 Å². The van der Waals surface area contributed by atoms with Gasteiger partial charge in [-0.2, -0.15) is 5.10 Å². The molecule has 0 bridgehead atoms. The summed E-state index contributed by atoms with van der Waals surface area (Å²) in [6.07, 6.45) is 2.67. The summed E-state index contributed by atoms with van der Waals surface area (Å²) in [6.45, 7) is 1.44. The molecule has 3 rings (SSSR count). The van der Waals surface area contributed by atoms with Crippen LogP contribution in [0.1, 0.15) is 12.0 Å². The Morgan fingerprint density at radius 1 is 1.18 bits per heavy atom. The molecule has 0 spiro atoms. The number of anilines is 2. The number of hydrogen-bond donors (Lipinski definition) is 2. The predicted octanol–water partition coefficient (Wildman–Crippen LogP) is 5.27. The van der Waals surface area contributed by atoms with Crippen LogP contribution in [-0.2, 0) is 11.5 Å². The minimum atomic E-state index is -0.853. The van der Waals surface area contributed by atoms with Gasteiger partial charge in [0, 0.05) is 40.9 Å². The molecule has 0 aliphatic heterocycles. The van der Waals surface area contributed by atoms with E-state index in [9.17, 15) is 13.6 Å². The molecule has 3 aromatic rings. The highest BCUT2D eigenvalue weighted by Gasteiger charge is 2.17. The Morgan fingerprint density at radius 3 is 2.67 bits per heavy atom. The zero-order valence-corrected chi connectivity index (χ0v) is 20.8. The summed E-state index contributed by atoms with van der Waals surface area (Å²) in [5.41, 5.74) is 3.09. The minimum absolute atomic E-state index is 0.117. The monoisotopic (exact) mass is 569 g/mol. The van der Waals surface area contributed by atoms with Crippen molar-refractivity contribution in [1.29, 1.82) is 0 Å². The second-order valence-electron chi connectivity index (χ2n) is 7.70. The largest absolute Gasteiger partial charge is 0.493 e.